The summed E-state index contributed by atoms with van der Waals surface area (Å²) in [5, 5.41) is 8.76. The van der Waals surface area contributed by atoms with E-state index >= 15 is 0 Å². The van der Waals surface area contributed by atoms with Crippen molar-refractivity contribution in [1.29, 1.82) is 0 Å². The number of rotatable bonds is 9. The number of nitrogens with one attached hydrogen (secondary N) is 1. The highest BCUT2D eigenvalue weighted by Gasteiger charge is 2.03. The molecule has 1 aromatic heterocycles. The van der Waals surface area contributed by atoms with Crippen LogP contribution in [0.5, 0.6) is 0 Å². The van der Waals surface area contributed by atoms with E-state index in [0.29, 0.717) is 0 Å². The molecule has 0 aliphatic rings. The number of carboxylic acids is 1. The van der Waals surface area contributed by atoms with Crippen LogP contribution in [0.15, 0.2) is 12.3 Å². The Morgan fingerprint density at radius 3 is 2.40 bits per heavy atom. The third-order valence-electron chi connectivity index (χ3n) is 3.30. The summed E-state index contributed by atoms with van der Waals surface area (Å²) in [4.78, 5) is 13.4. The van der Waals surface area contributed by atoms with Gasteiger partial charge in [0.25, 0.3) is 0 Å². The molecular weight excluding hydrogens is 250 g/mol. The van der Waals surface area contributed by atoms with Crippen molar-refractivity contribution < 1.29 is 9.90 Å². The van der Waals surface area contributed by atoms with Crippen LogP contribution in [-0.2, 0) is 0 Å². The second kappa shape index (κ2) is 10.1. The van der Waals surface area contributed by atoms with E-state index in [1.165, 1.54) is 44.9 Å². The Labute approximate surface area is 121 Å². The van der Waals surface area contributed by atoms with E-state index in [0.717, 1.165) is 18.4 Å². The van der Waals surface area contributed by atoms with Crippen molar-refractivity contribution in [2.24, 2.45) is 0 Å². The summed E-state index contributed by atoms with van der Waals surface area (Å²) in [6.45, 7) is 2.24. The summed E-state index contributed by atoms with van der Waals surface area (Å²) in [5.41, 5.74) is 0.948. The fourth-order valence-corrected chi connectivity index (χ4v) is 2.10. The summed E-state index contributed by atoms with van der Waals surface area (Å²) in [6, 6.07) is 1.57. The molecule has 0 unspecified atom stereocenters. The fraction of sp³-hybridized carbons (Fsp3) is 0.588. The molecule has 0 spiro atoms. The van der Waals surface area contributed by atoms with E-state index in [-0.39, 0.29) is 5.69 Å². The van der Waals surface area contributed by atoms with Gasteiger partial charge in [0, 0.05) is 18.2 Å². The Kier molecular flexibility index (Phi) is 8.30. The van der Waals surface area contributed by atoms with Gasteiger partial charge in [-0.3, -0.25) is 0 Å². The van der Waals surface area contributed by atoms with Crippen LogP contribution in [0.4, 0.5) is 0 Å². The molecule has 0 atom stereocenters. The number of aromatic amines is 1. The SMILES string of the molecule is CCCCCCCCCCC#Cc1c[nH]c(C(=O)O)c1. The first kappa shape index (κ1) is 16.4. The largest absolute Gasteiger partial charge is 0.477 e. The Morgan fingerprint density at radius 1 is 1.15 bits per heavy atom. The van der Waals surface area contributed by atoms with Gasteiger partial charge in [-0.1, -0.05) is 63.7 Å². The Morgan fingerprint density at radius 2 is 1.80 bits per heavy atom. The van der Waals surface area contributed by atoms with Crippen molar-refractivity contribution in [3.63, 3.8) is 0 Å². The lowest BCUT2D eigenvalue weighted by molar-refractivity contribution is 0.0691. The molecule has 0 aliphatic carbocycles. The predicted octanol–water partition coefficient (Wildman–Crippen LogP) is 4.60. The maximum absolute atomic E-state index is 10.7. The van der Waals surface area contributed by atoms with Crippen LogP contribution in [0, 0.1) is 11.8 Å². The number of carbonyl (C=O) groups is 1. The molecule has 3 nitrogen and oxygen atoms in total. The molecule has 1 rings (SSSR count). The highest BCUT2D eigenvalue weighted by atomic mass is 16.4. The fourth-order valence-electron chi connectivity index (χ4n) is 2.10. The van der Waals surface area contributed by atoms with Crippen molar-refractivity contribution in [3.8, 4) is 11.8 Å². The molecule has 20 heavy (non-hydrogen) atoms. The molecule has 0 aliphatic heterocycles. The van der Waals surface area contributed by atoms with E-state index in [9.17, 15) is 4.79 Å². The standard InChI is InChI=1S/C17H25NO2/c1-2-3-4-5-6-7-8-9-10-11-12-15-13-16(17(19)20)18-14-15/h13-14,18H,2-10H2,1H3,(H,19,20). The molecule has 0 saturated heterocycles. The van der Waals surface area contributed by atoms with E-state index in [4.69, 9.17) is 5.11 Å². The maximum Gasteiger partial charge on any atom is 0.352 e. The number of aromatic carboxylic acids is 1. The first-order chi connectivity index (χ1) is 9.74. The van der Waals surface area contributed by atoms with E-state index < -0.39 is 5.97 Å². The van der Waals surface area contributed by atoms with Gasteiger partial charge < -0.3 is 10.1 Å². The molecule has 1 aromatic rings. The summed E-state index contributed by atoms with van der Waals surface area (Å²) in [7, 11) is 0. The van der Waals surface area contributed by atoms with Gasteiger partial charge in [-0.15, -0.1) is 0 Å². The van der Waals surface area contributed by atoms with Crippen LogP contribution in [0.3, 0.4) is 0 Å². The topological polar surface area (TPSA) is 53.1 Å². The lowest BCUT2D eigenvalue weighted by Gasteiger charge is -1.99. The highest BCUT2D eigenvalue weighted by molar-refractivity contribution is 5.86. The number of H-pyrrole nitrogens is 1. The van der Waals surface area contributed by atoms with Crippen LogP contribution < -0.4 is 0 Å². The predicted molar refractivity (Wildman–Crippen MR) is 81.9 cm³/mol. The molecule has 0 fully saturated rings. The van der Waals surface area contributed by atoms with Gasteiger partial charge >= 0.3 is 5.97 Å². The van der Waals surface area contributed by atoms with Crippen LogP contribution in [0.25, 0.3) is 0 Å². The van der Waals surface area contributed by atoms with E-state index in [2.05, 4.69) is 23.7 Å². The zero-order valence-electron chi connectivity index (χ0n) is 12.4. The van der Waals surface area contributed by atoms with Crippen LogP contribution >= 0.6 is 0 Å². The number of carboxylic acid groups (broad SMARTS) is 1. The maximum atomic E-state index is 10.7. The van der Waals surface area contributed by atoms with Gasteiger partial charge in [0.2, 0.25) is 0 Å². The van der Waals surface area contributed by atoms with Gasteiger partial charge in [-0.25, -0.2) is 4.79 Å². The molecule has 0 radical (unpaired) electrons. The molecule has 2 N–H and O–H groups in total. The smallest absolute Gasteiger partial charge is 0.352 e. The minimum atomic E-state index is -0.943. The summed E-state index contributed by atoms with van der Waals surface area (Å²) in [5.74, 6) is 5.15. The summed E-state index contributed by atoms with van der Waals surface area (Å²) < 4.78 is 0. The average Bonchev–Trinajstić information content (AvgIpc) is 2.90. The van der Waals surface area contributed by atoms with Gasteiger partial charge in [0.15, 0.2) is 0 Å². The Bertz CT molecular complexity index is 451. The monoisotopic (exact) mass is 275 g/mol. The Balaban J connectivity index is 2.06. The Hall–Kier alpha value is -1.69. The number of unbranched alkanes of at least 4 members (excludes halogenated alkanes) is 8. The molecule has 1 heterocycles. The first-order valence-corrected chi connectivity index (χ1v) is 7.64. The second-order valence-corrected chi connectivity index (χ2v) is 5.13. The van der Waals surface area contributed by atoms with Gasteiger partial charge in [-0.2, -0.15) is 0 Å². The lowest BCUT2D eigenvalue weighted by atomic mass is 10.1. The number of aromatic nitrogens is 1. The summed E-state index contributed by atoms with van der Waals surface area (Å²) >= 11 is 0. The molecular formula is C17H25NO2. The zero-order valence-corrected chi connectivity index (χ0v) is 12.4. The zero-order chi connectivity index (χ0) is 14.6. The number of hydrogen-bond acceptors (Lipinski definition) is 1. The average molecular weight is 275 g/mol. The molecule has 3 heteroatoms. The van der Waals surface area contributed by atoms with Crippen LogP contribution in [-0.4, -0.2) is 16.1 Å². The number of hydrogen-bond donors (Lipinski definition) is 2. The second-order valence-electron chi connectivity index (χ2n) is 5.13. The van der Waals surface area contributed by atoms with E-state index in [1.807, 2.05) is 0 Å². The molecule has 0 amide bonds. The van der Waals surface area contributed by atoms with Crippen LogP contribution in [0.1, 0.15) is 80.8 Å². The normalized spacial score (nSPS) is 10.1. The molecule has 0 bridgehead atoms. The van der Waals surface area contributed by atoms with Crippen molar-refractivity contribution in [2.45, 2.75) is 64.7 Å². The van der Waals surface area contributed by atoms with Crippen LogP contribution in [0.2, 0.25) is 0 Å². The van der Waals surface area contributed by atoms with Crippen molar-refractivity contribution in [3.05, 3.63) is 23.5 Å². The van der Waals surface area contributed by atoms with Gasteiger partial charge in [0.1, 0.15) is 5.69 Å². The minimum absolute atomic E-state index is 0.196. The quantitative estimate of drug-likeness (QED) is 0.511. The van der Waals surface area contributed by atoms with Gasteiger partial charge in [0.05, 0.1) is 0 Å². The molecule has 0 aromatic carbocycles. The third-order valence-corrected chi connectivity index (χ3v) is 3.30. The molecule has 110 valence electrons. The lowest BCUT2D eigenvalue weighted by Crippen LogP contribution is -1.94. The van der Waals surface area contributed by atoms with Crippen molar-refractivity contribution >= 4 is 5.97 Å². The molecule has 0 saturated carbocycles. The van der Waals surface area contributed by atoms with Crippen molar-refractivity contribution in [1.82, 2.24) is 4.98 Å². The third kappa shape index (κ3) is 7.04. The minimum Gasteiger partial charge on any atom is -0.477 e. The summed E-state index contributed by atoms with van der Waals surface area (Å²) in [6.07, 6.45) is 13.0. The van der Waals surface area contributed by atoms with Crippen molar-refractivity contribution in [2.75, 3.05) is 0 Å². The van der Waals surface area contributed by atoms with E-state index in [1.54, 1.807) is 12.3 Å². The first-order valence-electron chi connectivity index (χ1n) is 7.64. The highest BCUT2D eigenvalue weighted by Crippen LogP contribution is 2.09. The van der Waals surface area contributed by atoms with Gasteiger partial charge in [-0.05, 0) is 12.5 Å².